The average molecular weight is 261 g/mol. The van der Waals surface area contributed by atoms with Crippen molar-refractivity contribution >= 4 is 17.0 Å². The Morgan fingerprint density at radius 1 is 1.47 bits per heavy atom. The van der Waals surface area contributed by atoms with Crippen molar-refractivity contribution in [3.63, 3.8) is 0 Å². The van der Waals surface area contributed by atoms with Crippen molar-refractivity contribution in [3.05, 3.63) is 18.2 Å². The quantitative estimate of drug-likeness (QED) is 0.899. The third-order valence-corrected chi connectivity index (χ3v) is 3.85. The van der Waals surface area contributed by atoms with Crippen molar-refractivity contribution in [3.8, 4) is 5.75 Å². The number of benzene rings is 1. The summed E-state index contributed by atoms with van der Waals surface area (Å²) in [5, 5.41) is 0. The summed E-state index contributed by atoms with van der Waals surface area (Å²) in [6.07, 6.45) is 2.08. The number of para-hydroxylation sites is 1. The topological polar surface area (TPSA) is 62.3 Å². The number of fused-ring (bicyclic) bond motifs is 1. The molecule has 2 N–H and O–H groups in total. The molecule has 1 atom stereocenters. The highest BCUT2D eigenvalue weighted by Crippen LogP contribution is 2.35. The molecule has 0 saturated carbocycles. The van der Waals surface area contributed by atoms with Crippen LogP contribution < -0.4 is 10.5 Å². The van der Waals surface area contributed by atoms with Gasteiger partial charge in [-0.05, 0) is 31.9 Å². The molecule has 1 saturated heterocycles. The molecule has 1 aliphatic heterocycles. The molecule has 5 heteroatoms. The summed E-state index contributed by atoms with van der Waals surface area (Å²) in [5.74, 6) is 1.27. The van der Waals surface area contributed by atoms with Crippen LogP contribution in [0.3, 0.4) is 0 Å². The second-order valence-electron chi connectivity index (χ2n) is 5.29. The molecule has 1 aromatic carbocycles. The predicted molar refractivity (Wildman–Crippen MR) is 74.4 cm³/mol. The van der Waals surface area contributed by atoms with Crippen LogP contribution in [0.1, 0.15) is 19.8 Å². The second-order valence-corrected chi connectivity index (χ2v) is 5.29. The maximum atomic E-state index is 6.13. The Hall–Kier alpha value is -1.75. The average Bonchev–Trinajstić information content (AvgIpc) is 2.76. The largest absolute Gasteiger partial charge is 0.494 e. The molecule has 1 fully saturated rings. The Kier molecular flexibility index (Phi) is 2.86. The SMILES string of the molecule is COc1cccc2c1nc(N)n2C1(C)CCCOC1. The Balaban J connectivity index is 2.20. The van der Waals surface area contributed by atoms with Gasteiger partial charge in [-0.25, -0.2) is 4.98 Å². The van der Waals surface area contributed by atoms with E-state index in [1.807, 2.05) is 18.2 Å². The Morgan fingerprint density at radius 2 is 2.32 bits per heavy atom. The van der Waals surface area contributed by atoms with Crippen LogP contribution in [0.4, 0.5) is 5.95 Å². The van der Waals surface area contributed by atoms with Crippen molar-refractivity contribution < 1.29 is 9.47 Å². The van der Waals surface area contributed by atoms with Gasteiger partial charge in [0.25, 0.3) is 0 Å². The lowest BCUT2D eigenvalue weighted by molar-refractivity contribution is 0.0124. The highest BCUT2D eigenvalue weighted by Gasteiger charge is 2.33. The third-order valence-electron chi connectivity index (χ3n) is 3.85. The molecule has 0 bridgehead atoms. The first-order chi connectivity index (χ1) is 9.15. The van der Waals surface area contributed by atoms with E-state index in [0.717, 1.165) is 36.2 Å². The summed E-state index contributed by atoms with van der Waals surface area (Å²) in [7, 11) is 1.65. The van der Waals surface area contributed by atoms with Crippen LogP contribution in [0, 0.1) is 0 Å². The number of rotatable bonds is 2. The summed E-state index contributed by atoms with van der Waals surface area (Å²) in [4.78, 5) is 4.46. The van der Waals surface area contributed by atoms with Crippen LogP contribution in [0.15, 0.2) is 18.2 Å². The third kappa shape index (κ3) is 1.85. The first kappa shape index (κ1) is 12.3. The molecule has 19 heavy (non-hydrogen) atoms. The fraction of sp³-hybridized carbons (Fsp3) is 0.500. The standard InChI is InChI=1S/C14H19N3O2/c1-14(7-4-8-19-9-14)17-10-5-3-6-11(18-2)12(10)16-13(17)15/h3,5-6H,4,7-9H2,1-2H3,(H2,15,16). The number of nitrogen functional groups attached to an aromatic ring is 1. The van der Waals surface area contributed by atoms with Crippen molar-refractivity contribution in [1.29, 1.82) is 0 Å². The number of aromatic nitrogens is 2. The number of hydrogen-bond acceptors (Lipinski definition) is 4. The van der Waals surface area contributed by atoms with E-state index in [-0.39, 0.29) is 5.54 Å². The smallest absolute Gasteiger partial charge is 0.201 e. The van der Waals surface area contributed by atoms with Gasteiger partial charge >= 0.3 is 0 Å². The molecule has 1 aromatic heterocycles. The van der Waals surface area contributed by atoms with Gasteiger partial charge in [0.1, 0.15) is 11.3 Å². The first-order valence-corrected chi connectivity index (χ1v) is 6.55. The molecule has 2 heterocycles. The predicted octanol–water partition coefficient (Wildman–Crippen LogP) is 2.15. The monoisotopic (exact) mass is 261 g/mol. The molecular formula is C14H19N3O2. The molecule has 1 aliphatic rings. The molecule has 2 aromatic rings. The summed E-state index contributed by atoms with van der Waals surface area (Å²) < 4.78 is 13.1. The van der Waals surface area contributed by atoms with Gasteiger partial charge in [-0.3, -0.25) is 0 Å². The van der Waals surface area contributed by atoms with E-state index >= 15 is 0 Å². The molecule has 5 nitrogen and oxygen atoms in total. The minimum absolute atomic E-state index is 0.135. The van der Waals surface area contributed by atoms with Crippen molar-refractivity contribution in [2.75, 3.05) is 26.1 Å². The highest BCUT2D eigenvalue weighted by molar-refractivity contribution is 5.84. The maximum Gasteiger partial charge on any atom is 0.201 e. The van der Waals surface area contributed by atoms with Crippen LogP contribution in [-0.4, -0.2) is 29.9 Å². The van der Waals surface area contributed by atoms with E-state index in [9.17, 15) is 0 Å². The van der Waals surface area contributed by atoms with Gasteiger partial charge < -0.3 is 19.8 Å². The van der Waals surface area contributed by atoms with Gasteiger partial charge in [0.05, 0.1) is 24.8 Å². The van der Waals surface area contributed by atoms with E-state index in [2.05, 4.69) is 16.5 Å². The van der Waals surface area contributed by atoms with E-state index < -0.39 is 0 Å². The number of nitrogens with zero attached hydrogens (tertiary/aromatic N) is 2. The summed E-state index contributed by atoms with van der Waals surface area (Å²) in [5.41, 5.74) is 7.82. The molecule has 102 valence electrons. The Labute approximate surface area is 112 Å². The lowest BCUT2D eigenvalue weighted by atomic mass is 9.94. The summed E-state index contributed by atoms with van der Waals surface area (Å²) >= 11 is 0. The zero-order valence-corrected chi connectivity index (χ0v) is 11.3. The molecule has 1 unspecified atom stereocenters. The van der Waals surface area contributed by atoms with Crippen LogP contribution in [-0.2, 0) is 10.3 Å². The van der Waals surface area contributed by atoms with Crippen molar-refractivity contribution in [1.82, 2.24) is 9.55 Å². The van der Waals surface area contributed by atoms with Gasteiger partial charge in [-0.15, -0.1) is 0 Å². The Bertz CT molecular complexity index is 600. The molecule has 3 rings (SSSR count). The number of methoxy groups -OCH3 is 1. The van der Waals surface area contributed by atoms with E-state index in [0.29, 0.717) is 12.6 Å². The van der Waals surface area contributed by atoms with Crippen LogP contribution in [0.25, 0.3) is 11.0 Å². The summed E-state index contributed by atoms with van der Waals surface area (Å²) in [6.45, 7) is 3.66. The van der Waals surface area contributed by atoms with Crippen molar-refractivity contribution in [2.45, 2.75) is 25.3 Å². The van der Waals surface area contributed by atoms with E-state index in [4.69, 9.17) is 15.2 Å². The van der Waals surface area contributed by atoms with Gasteiger partial charge in [-0.1, -0.05) is 6.07 Å². The highest BCUT2D eigenvalue weighted by atomic mass is 16.5. The summed E-state index contributed by atoms with van der Waals surface area (Å²) in [6, 6.07) is 5.89. The molecular weight excluding hydrogens is 242 g/mol. The zero-order chi connectivity index (χ0) is 13.5. The van der Waals surface area contributed by atoms with E-state index in [1.165, 1.54) is 0 Å². The van der Waals surface area contributed by atoms with Gasteiger partial charge in [0.2, 0.25) is 5.95 Å². The first-order valence-electron chi connectivity index (χ1n) is 6.55. The normalized spacial score (nSPS) is 23.7. The number of imidazole rings is 1. The number of nitrogens with two attached hydrogens (primary N) is 1. The fourth-order valence-electron chi connectivity index (χ4n) is 2.92. The van der Waals surface area contributed by atoms with Crippen molar-refractivity contribution in [2.24, 2.45) is 0 Å². The van der Waals surface area contributed by atoms with E-state index in [1.54, 1.807) is 7.11 Å². The van der Waals surface area contributed by atoms with Gasteiger partial charge in [0.15, 0.2) is 0 Å². The minimum Gasteiger partial charge on any atom is -0.494 e. The lowest BCUT2D eigenvalue weighted by Crippen LogP contribution is -2.39. The Morgan fingerprint density at radius 3 is 3.00 bits per heavy atom. The number of ether oxygens (including phenoxy) is 2. The van der Waals surface area contributed by atoms with Gasteiger partial charge in [-0.2, -0.15) is 0 Å². The lowest BCUT2D eigenvalue weighted by Gasteiger charge is -2.35. The molecule has 0 amide bonds. The molecule has 0 aliphatic carbocycles. The maximum absolute atomic E-state index is 6.13. The van der Waals surface area contributed by atoms with Crippen LogP contribution in [0.5, 0.6) is 5.75 Å². The van der Waals surface area contributed by atoms with Crippen LogP contribution in [0.2, 0.25) is 0 Å². The second kappa shape index (κ2) is 4.42. The minimum atomic E-state index is -0.135. The fourth-order valence-corrected chi connectivity index (χ4v) is 2.92. The van der Waals surface area contributed by atoms with Gasteiger partial charge in [0, 0.05) is 6.61 Å². The van der Waals surface area contributed by atoms with Crippen LogP contribution >= 0.6 is 0 Å². The molecule has 0 radical (unpaired) electrons. The number of anilines is 1. The number of hydrogen-bond donors (Lipinski definition) is 1. The zero-order valence-electron chi connectivity index (χ0n) is 11.3. The molecule has 0 spiro atoms.